The summed E-state index contributed by atoms with van der Waals surface area (Å²) in [5.41, 5.74) is -1.36. The topological polar surface area (TPSA) is 161 Å². The van der Waals surface area contributed by atoms with Crippen LogP contribution >= 0.6 is 0 Å². The second kappa shape index (κ2) is 13.0. The van der Waals surface area contributed by atoms with Crippen LogP contribution in [0.15, 0.2) is 76.1 Å². The summed E-state index contributed by atoms with van der Waals surface area (Å²) in [7, 11) is 0. The maximum Gasteiger partial charge on any atom is 0.412 e. The van der Waals surface area contributed by atoms with Gasteiger partial charge in [0.15, 0.2) is 0 Å². The van der Waals surface area contributed by atoms with E-state index in [-0.39, 0.29) is 29.9 Å². The van der Waals surface area contributed by atoms with Crippen LogP contribution in [0.2, 0.25) is 0 Å². The summed E-state index contributed by atoms with van der Waals surface area (Å²) in [6.07, 6.45) is 0.373. The second-order valence-electron chi connectivity index (χ2n) is 11.4. The molecule has 1 atom stereocenters. The summed E-state index contributed by atoms with van der Waals surface area (Å²) in [5, 5.41) is 24.0. The van der Waals surface area contributed by atoms with E-state index >= 15 is 0 Å². The number of carbonyl (C=O) groups excluding carboxylic acids is 2. The predicted molar refractivity (Wildman–Crippen MR) is 159 cm³/mol. The molecule has 43 heavy (non-hydrogen) atoms. The number of nitrogens with zero attached hydrogens (tertiary/aromatic N) is 4. The highest BCUT2D eigenvalue weighted by atomic mass is 16.5. The van der Waals surface area contributed by atoms with Crippen molar-refractivity contribution in [1.82, 2.24) is 25.1 Å². The number of carbonyl (C=O) groups is 2. The van der Waals surface area contributed by atoms with Crippen molar-refractivity contribution in [3.8, 4) is 11.4 Å². The summed E-state index contributed by atoms with van der Waals surface area (Å²) in [6.45, 7) is 8.29. The molecule has 1 unspecified atom stereocenters. The van der Waals surface area contributed by atoms with E-state index in [1.54, 1.807) is 50.2 Å². The molecular formula is C31H36N6O6. The number of hydrogen-bond acceptors (Lipinski definition) is 9. The van der Waals surface area contributed by atoms with E-state index in [0.29, 0.717) is 11.5 Å². The second-order valence-corrected chi connectivity index (χ2v) is 11.4. The molecule has 12 nitrogen and oxygen atoms in total. The molecule has 4 rings (SSSR count). The lowest BCUT2D eigenvalue weighted by molar-refractivity contribution is -0.125. The van der Waals surface area contributed by atoms with Crippen LogP contribution < -0.4 is 16.2 Å². The van der Waals surface area contributed by atoms with Crippen LogP contribution in [0.5, 0.6) is 0 Å². The average Bonchev–Trinajstić information content (AvgIpc) is 3.50. The third-order valence-corrected chi connectivity index (χ3v) is 6.88. The molecule has 0 aliphatic carbocycles. The fraction of sp³-hybridized carbons (Fsp3) is 0.355. The maximum absolute atomic E-state index is 13.6. The number of ether oxygens (including phenoxy) is 1. The van der Waals surface area contributed by atoms with Gasteiger partial charge in [0.2, 0.25) is 17.7 Å². The van der Waals surface area contributed by atoms with E-state index in [1.165, 1.54) is 6.20 Å². The van der Waals surface area contributed by atoms with Gasteiger partial charge in [0.05, 0.1) is 12.8 Å². The van der Waals surface area contributed by atoms with Crippen molar-refractivity contribution in [1.29, 1.82) is 0 Å². The fourth-order valence-electron chi connectivity index (χ4n) is 4.28. The lowest BCUT2D eigenvalue weighted by atomic mass is 9.86. The van der Waals surface area contributed by atoms with Gasteiger partial charge in [-0.2, -0.15) is 0 Å². The molecule has 0 fully saturated rings. The van der Waals surface area contributed by atoms with Crippen LogP contribution in [0.4, 0.5) is 10.5 Å². The number of nitrogens with one attached hydrogen (secondary N) is 2. The van der Waals surface area contributed by atoms with Gasteiger partial charge in [-0.3, -0.25) is 19.5 Å². The fourth-order valence-corrected chi connectivity index (χ4v) is 4.28. The maximum atomic E-state index is 13.6. The predicted octanol–water partition coefficient (Wildman–Crippen LogP) is 4.00. The van der Waals surface area contributed by atoms with Crippen LogP contribution in [0.25, 0.3) is 11.4 Å². The standard InChI is InChI=1S/C31H36N6O6/c1-20(2)31(19-38,28-36-35-27(43-28)30(3,4)5)34-24(39)17-37-25(22-14-10-7-11-15-22)32-16-23(26(37)40)33-29(41)42-18-21-12-8-6-9-13-21/h6-16,20,38H,17-19H2,1-5H3,(H,33,41)(H,34,39). The normalized spacial score (nSPS) is 12.9. The molecule has 0 radical (unpaired) electrons. The molecule has 0 aliphatic heterocycles. The van der Waals surface area contributed by atoms with Gasteiger partial charge in [0, 0.05) is 11.0 Å². The zero-order chi connectivity index (χ0) is 31.2. The van der Waals surface area contributed by atoms with Crippen molar-refractivity contribution in [3.63, 3.8) is 0 Å². The third kappa shape index (κ3) is 7.15. The number of hydrogen-bond donors (Lipinski definition) is 3. The number of aromatic nitrogens is 4. The molecule has 12 heteroatoms. The Morgan fingerprint density at radius 2 is 1.63 bits per heavy atom. The monoisotopic (exact) mass is 588 g/mol. The van der Waals surface area contributed by atoms with Crippen LogP contribution in [-0.4, -0.2) is 43.5 Å². The number of benzene rings is 2. The summed E-state index contributed by atoms with van der Waals surface area (Å²) in [4.78, 5) is 44.1. The summed E-state index contributed by atoms with van der Waals surface area (Å²) >= 11 is 0. The van der Waals surface area contributed by atoms with Crippen molar-refractivity contribution >= 4 is 17.7 Å². The Kier molecular flexibility index (Phi) is 9.40. The molecule has 2 aromatic carbocycles. The van der Waals surface area contributed by atoms with E-state index in [0.717, 1.165) is 10.1 Å². The molecule has 0 saturated carbocycles. The van der Waals surface area contributed by atoms with E-state index in [4.69, 9.17) is 9.15 Å². The van der Waals surface area contributed by atoms with Gasteiger partial charge in [0.25, 0.3) is 5.56 Å². The first kappa shape index (κ1) is 31.1. The van der Waals surface area contributed by atoms with Crippen molar-refractivity contribution < 1.29 is 23.8 Å². The van der Waals surface area contributed by atoms with Gasteiger partial charge in [-0.05, 0) is 11.5 Å². The Hall–Kier alpha value is -4.84. The van der Waals surface area contributed by atoms with E-state index in [9.17, 15) is 19.5 Å². The highest BCUT2D eigenvalue weighted by molar-refractivity contribution is 5.84. The van der Waals surface area contributed by atoms with Gasteiger partial charge in [0.1, 0.15) is 30.2 Å². The minimum atomic E-state index is -1.42. The van der Waals surface area contributed by atoms with Crippen molar-refractivity contribution in [2.75, 3.05) is 11.9 Å². The average molecular weight is 589 g/mol. The molecule has 0 bridgehead atoms. The molecule has 4 aromatic rings. The SMILES string of the molecule is CC(C)C(CO)(NC(=O)Cn1c(-c2ccccc2)ncc(NC(=O)OCc2ccccc2)c1=O)c1nnc(C(C)(C)C)o1. The lowest BCUT2D eigenvalue weighted by Crippen LogP contribution is -2.54. The van der Waals surface area contributed by atoms with E-state index in [1.807, 2.05) is 45.0 Å². The molecule has 3 N–H and O–H groups in total. The highest BCUT2D eigenvalue weighted by Gasteiger charge is 2.43. The number of aliphatic hydroxyl groups is 1. The van der Waals surface area contributed by atoms with Crippen LogP contribution in [0, 0.1) is 5.92 Å². The van der Waals surface area contributed by atoms with E-state index < -0.39 is 41.7 Å². The smallest absolute Gasteiger partial charge is 0.412 e. The molecular weight excluding hydrogens is 552 g/mol. The third-order valence-electron chi connectivity index (χ3n) is 6.88. The largest absolute Gasteiger partial charge is 0.444 e. The molecule has 0 aliphatic rings. The molecule has 2 aromatic heterocycles. The summed E-state index contributed by atoms with van der Waals surface area (Å²) in [6, 6.07) is 17.9. The first-order valence-corrected chi connectivity index (χ1v) is 13.8. The number of anilines is 1. The van der Waals surface area contributed by atoms with Crippen molar-refractivity contribution in [2.45, 2.75) is 58.7 Å². The first-order chi connectivity index (χ1) is 20.4. The molecule has 2 amide bonds. The van der Waals surface area contributed by atoms with Gasteiger partial charge in [-0.15, -0.1) is 10.2 Å². The van der Waals surface area contributed by atoms with Crippen molar-refractivity contribution in [2.24, 2.45) is 5.92 Å². The Bertz CT molecular complexity index is 1610. The highest BCUT2D eigenvalue weighted by Crippen LogP contribution is 2.31. The molecule has 0 spiro atoms. The van der Waals surface area contributed by atoms with Crippen molar-refractivity contribution in [3.05, 3.63) is 94.6 Å². The minimum absolute atomic E-state index is 0.00381. The number of rotatable bonds is 10. The Morgan fingerprint density at radius 3 is 2.21 bits per heavy atom. The quantitative estimate of drug-likeness (QED) is 0.249. The molecule has 0 saturated heterocycles. The summed E-state index contributed by atoms with van der Waals surface area (Å²) in [5.74, 6) is -0.391. The molecule has 226 valence electrons. The summed E-state index contributed by atoms with van der Waals surface area (Å²) < 4.78 is 12.3. The van der Waals surface area contributed by atoms with Gasteiger partial charge >= 0.3 is 6.09 Å². The first-order valence-electron chi connectivity index (χ1n) is 13.8. The Morgan fingerprint density at radius 1 is 1.00 bits per heavy atom. The number of aliphatic hydroxyl groups excluding tert-OH is 1. The minimum Gasteiger partial charge on any atom is -0.444 e. The Balaban J connectivity index is 1.63. The van der Waals surface area contributed by atoms with E-state index in [2.05, 4.69) is 25.8 Å². The van der Waals surface area contributed by atoms with Crippen LogP contribution in [-0.2, 0) is 33.6 Å². The Labute approximate surface area is 249 Å². The van der Waals surface area contributed by atoms with Crippen LogP contribution in [0.3, 0.4) is 0 Å². The van der Waals surface area contributed by atoms with Gasteiger partial charge in [-0.25, -0.2) is 9.78 Å². The lowest BCUT2D eigenvalue weighted by Gasteiger charge is -2.33. The van der Waals surface area contributed by atoms with Gasteiger partial charge < -0.3 is 19.6 Å². The zero-order valence-corrected chi connectivity index (χ0v) is 24.8. The zero-order valence-electron chi connectivity index (χ0n) is 24.8. The molecule has 2 heterocycles. The van der Waals surface area contributed by atoms with Gasteiger partial charge in [-0.1, -0.05) is 95.3 Å². The van der Waals surface area contributed by atoms with Crippen LogP contribution in [0.1, 0.15) is 52.0 Å². The number of amides is 2.